The molecule has 1 heterocycles. The zero-order valence-electron chi connectivity index (χ0n) is 16.7. The molecule has 3 rings (SSSR count). The Morgan fingerprint density at radius 3 is 2.23 bits per heavy atom. The van der Waals surface area contributed by atoms with E-state index >= 15 is 0 Å². The van der Waals surface area contributed by atoms with E-state index in [1.165, 1.54) is 9.21 Å². The summed E-state index contributed by atoms with van der Waals surface area (Å²) < 4.78 is 37.2. The molecule has 1 aliphatic rings. The van der Waals surface area contributed by atoms with Gasteiger partial charge in [0, 0.05) is 26.2 Å². The van der Waals surface area contributed by atoms with E-state index in [1.807, 2.05) is 6.92 Å². The lowest BCUT2D eigenvalue weighted by molar-refractivity contribution is -0.135. The van der Waals surface area contributed by atoms with Gasteiger partial charge in [-0.1, -0.05) is 30.3 Å². The third kappa shape index (κ3) is 4.98. The molecule has 1 saturated heterocycles. The van der Waals surface area contributed by atoms with E-state index in [9.17, 15) is 18.0 Å². The van der Waals surface area contributed by atoms with Crippen molar-refractivity contribution in [2.75, 3.05) is 39.4 Å². The van der Waals surface area contributed by atoms with Gasteiger partial charge in [0.1, 0.15) is 11.3 Å². The number of hydrogen-bond donors (Lipinski definition) is 0. The van der Waals surface area contributed by atoms with E-state index in [0.29, 0.717) is 12.4 Å². The molecule has 8 nitrogen and oxygen atoms in total. The van der Waals surface area contributed by atoms with Gasteiger partial charge in [0.05, 0.1) is 11.5 Å². The Hall–Kier alpha value is -2.91. The average Bonchev–Trinajstić information content (AvgIpc) is 2.78. The summed E-state index contributed by atoms with van der Waals surface area (Å²) in [6.07, 6.45) is 0. The van der Waals surface area contributed by atoms with Crippen molar-refractivity contribution in [3.63, 3.8) is 0 Å². The van der Waals surface area contributed by atoms with Gasteiger partial charge in [-0.3, -0.25) is 4.79 Å². The fourth-order valence-electron chi connectivity index (χ4n) is 3.13. The molecule has 0 N–H and O–H groups in total. The monoisotopic (exact) mass is 432 g/mol. The maximum Gasteiger partial charge on any atom is 0.342 e. The van der Waals surface area contributed by atoms with Crippen LogP contribution in [-0.4, -0.2) is 68.9 Å². The number of ether oxygens (including phenoxy) is 2. The van der Waals surface area contributed by atoms with Gasteiger partial charge >= 0.3 is 5.97 Å². The first-order valence-electron chi connectivity index (χ1n) is 9.65. The topological polar surface area (TPSA) is 93.2 Å². The number of benzene rings is 2. The molecule has 0 aliphatic carbocycles. The van der Waals surface area contributed by atoms with Crippen molar-refractivity contribution in [3.05, 3.63) is 60.2 Å². The smallest absolute Gasteiger partial charge is 0.342 e. The Bertz CT molecular complexity index is 986. The third-order valence-electron chi connectivity index (χ3n) is 4.71. The van der Waals surface area contributed by atoms with Gasteiger partial charge in [0.25, 0.3) is 5.91 Å². The van der Waals surface area contributed by atoms with Crippen molar-refractivity contribution in [2.24, 2.45) is 0 Å². The number of rotatable bonds is 7. The van der Waals surface area contributed by atoms with Crippen LogP contribution >= 0.6 is 0 Å². The van der Waals surface area contributed by atoms with Crippen molar-refractivity contribution >= 4 is 21.9 Å². The van der Waals surface area contributed by atoms with Crippen LogP contribution in [0.5, 0.6) is 5.75 Å². The van der Waals surface area contributed by atoms with Crippen LogP contribution in [0, 0.1) is 0 Å². The zero-order valence-corrected chi connectivity index (χ0v) is 17.5. The van der Waals surface area contributed by atoms with Crippen LogP contribution in [0.4, 0.5) is 0 Å². The first kappa shape index (κ1) is 21.8. The predicted molar refractivity (Wildman–Crippen MR) is 110 cm³/mol. The molecular formula is C21H24N2O6S. The average molecular weight is 432 g/mol. The highest BCUT2D eigenvalue weighted by Gasteiger charge is 2.30. The van der Waals surface area contributed by atoms with Crippen LogP contribution in [-0.2, 0) is 19.6 Å². The summed E-state index contributed by atoms with van der Waals surface area (Å²) in [7, 11) is -3.59. The van der Waals surface area contributed by atoms with Crippen molar-refractivity contribution < 1.29 is 27.5 Å². The number of sulfonamides is 1. The maximum atomic E-state index is 12.7. The summed E-state index contributed by atoms with van der Waals surface area (Å²) >= 11 is 0. The van der Waals surface area contributed by atoms with Crippen LogP contribution in [0.1, 0.15) is 17.3 Å². The summed E-state index contributed by atoms with van der Waals surface area (Å²) in [5, 5.41) is 0. The first-order valence-corrected chi connectivity index (χ1v) is 11.1. The number of nitrogens with zero attached hydrogens (tertiary/aromatic N) is 2. The van der Waals surface area contributed by atoms with Crippen LogP contribution in [0.15, 0.2) is 59.5 Å². The van der Waals surface area contributed by atoms with Crippen LogP contribution in [0.3, 0.4) is 0 Å². The molecule has 0 aromatic heterocycles. The Kier molecular flexibility index (Phi) is 7.07. The van der Waals surface area contributed by atoms with Gasteiger partial charge in [-0.05, 0) is 31.2 Å². The molecule has 0 spiro atoms. The van der Waals surface area contributed by atoms with Crippen molar-refractivity contribution in [2.45, 2.75) is 11.8 Å². The molecule has 160 valence electrons. The maximum absolute atomic E-state index is 12.7. The van der Waals surface area contributed by atoms with Crippen LogP contribution in [0.25, 0.3) is 0 Å². The van der Waals surface area contributed by atoms with Gasteiger partial charge in [0.2, 0.25) is 10.0 Å². The first-order chi connectivity index (χ1) is 14.4. The van der Waals surface area contributed by atoms with Crippen molar-refractivity contribution in [1.29, 1.82) is 0 Å². The molecule has 9 heteroatoms. The van der Waals surface area contributed by atoms with Gasteiger partial charge in [-0.15, -0.1) is 0 Å². The second-order valence-electron chi connectivity index (χ2n) is 6.60. The molecule has 2 aromatic rings. The van der Waals surface area contributed by atoms with Gasteiger partial charge in [-0.2, -0.15) is 4.31 Å². The highest BCUT2D eigenvalue weighted by Crippen LogP contribution is 2.20. The van der Waals surface area contributed by atoms with E-state index < -0.39 is 22.6 Å². The van der Waals surface area contributed by atoms with Crippen molar-refractivity contribution in [3.8, 4) is 5.75 Å². The quantitative estimate of drug-likeness (QED) is 0.619. The van der Waals surface area contributed by atoms with E-state index in [1.54, 1.807) is 54.6 Å². The second-order valence-corrected chi connectivity index (χ2v) is 8.54. The normalized spacial score (nSPS) is 14.9. The molecule has 1 aliphatic heterocycles. The van der Waals surface area contributed by atoms with Crippen molar-refractivity contribution in [1.82, 2.24) is 9.21 Å². The second kappa shape index (κ2) is 9.73. The molecule has 1 fully saturated rings. The Morgan fingerprint density at radius 2 is 1.57 bits per heavy atom. The number of amides is 1. The molecule has 30 heavy (non-hydrogen) atoms. The predicted octanol–water partition coefficient (Wildman–Crippen LogP) is 1.78. The summed E-state index contributed by atoms with van der Waals surface area (Å²) in [6.45, 7) is 2.64. The molecule has 0 radical (unpaired) electrons. The summed E-state index contributed by atoms with van der Waals surface area (Å²) in [5.74, 6) is -0.608. The van der Waals surface area contributed by atoms with E-state index in [4.69, 9.17) is 9.47 Å². The fraction of sp³-hybridized carbons (Fsp3) is 0.333. The lowest BCUT2D eigenvalue weighted by Crippen LogP contribution is -2.51. The van der Waals surface area contributed by atoms with Gasteiger partial charge in [-0.25, -0.2) is 13.2 Å². The lowest BCUT2D eigenvalue weighted by atomic mass is 10.2. The number of piperazine rings is 1. The van der Waals surface area contributed by atoms with Gasteiger partial charge < -0.3 is 14.4 Å². The third-order valence-corrected chi connectivity index (χ3v) is 6.62. The van der Waals surface area contributed by atoms with Crippen LogP contribution < -0.4 is 4.74 Å². The number of para-hydroxylation sites is 1. The minimum Gasteiger partial charge on any atom is -0.493 e. The summed E-state index contributed by atoms with van der Waals surface area (Å²) in [5.41, 5.74) is 0.255. The zero-order chi connectivity index (χ0) is 21.6. The molecule has 0 atom stereocenters. The molecule has 0 bridgehead atoms. The molecule has 0 saturated carbocycles. The summed E-state index contributed by atoms with van der Waals surface area (Å²) in [4.78, 5) is 26.5. The minimum atomic E-state index is -3.59. The molecule has 2 aromatic carbocycles. The SMILES string of the molecule is CCOc1ccccc1C(=O)OCC(=O)N1CCN(S(=O)(=O)c2ccccc2)CC1. The standard InChI is InChI=1S/C21H24N2O6S/c1-2-28-19-11-7-6-10-18(19)21(25)29-16-20(24)22-12-14-23(15-13-22)30(26,27)17-8-4-3-5-9-17/h3-11H,2,12-16H2,1H3. The molecule has 1 amide bonds. The van der Waals surface area contributed by atoms with Gasteiger partial charge in [0.15, 0.2) is 6.61 Å². The Balaban J connectivity index is 1.53. The van der Waals surface area contributed by atoms with Crippen LogP contribution in [0.2, 0.25) is 0 Å². The Morgan fingerprint density at radius 1 is 0.933 bits per heavy atom. The number of hydrogen-bond acceptors (Lipinski definition) is 6. The minimum absolute atomic E-state index is 0.185. The molecular weight excluding hydrogens is 408 g/mol. The largest absolute Gasteiger partial charge is 0.493 e. The number of esters is 1. The van der Waals surface area contributed by atoms with E-state index in [2.05, 4.69) is 0 Å². The molecule has 0 unspecified atom stereocenters. The van der Waals surface area contributed by atoms with E-state index in [-0.39, 0.29) is 42.5 Å². The lowest BCUT2D eigenvalue weighted by Gasteiger charge is -2.33. The van der Waals surface area contributed by atoms with E-state index in [0.717, 1.165) is 0 Å². The number of carbonyl (C=O) groups excluding carboxylic acids is 2. The highest BCUT2D eigenvalue weighted by atomic mass is 32.2. The Labute approximate surface area is 176 Å². The number of carbonyl (C=O) groups is 2. The summed E-state index contributed by atoms with van der Waals surface area (Å²) in [6, 6.07) is 14.9. The highest BCUT2D eigenvalue weighted by molar-refractivity contribution is 7.89. The fourth-order valence-corrected chi connectivity index (χ4v) is 4.58.